The lowest BCUT2D eigenvalue weighted by Crippen LogP contribution is -2.45. The Bertz CT molecular complexity index is 309. The third-order valence-electron chi connectivity index (χ3n) is 3.06. The Hall–Kier alpha value is -1.06. The van der Waals surface area contributed by atoms with E-state index in [0.29, 0.717) is 5.92 Å². The average molecular weight is 234 g/mol. The molecule has 2 rings (SSSR count). The first-order valence-electron chi connectivity index (χ1n) is 6.45. The molecular formula is C14H22N2O. The molecule has 1 saturated heterocycles. The van der Waals surface area contributed by atoms with Gasteiger partial charge in [0.1, 0.15) is 5.75 Å². The van der Waals surface area contributed by atoms with E-state index >= 15 is 0 Å². The second-order valence-electron chi connectivity index (χ2n) is 4.78. The normalized spacial score (nSPS) is 18.9. The summed E-state index contributed by atoms with van der Waals surface area (Å²) in [6.07, 6.45) is 0. The van der Waals surface area contributed by atoms with Gasteiger partial charge in [0.2, 0.25) is 0 Å². The minimum atomic E-state index is 0.577. The molecule has 0 saturated carbocycles. The molecule has 0 amide bonds. The van der Waals surface area contributed by atoms with Crippen molar-refractivity contribution in [2.45, 2.75) is 6.92 Å². The van der Waals surface area contributed by atoms with E-state index in [2.05, 4.69) is 17.1 Å². The molecular weight excluding hydrogens is 212 g/mol. The standard InChI is InChI=1S/C14H22N2O/c1-13(11-16-9-7-15-8-10-16)12-17-14-5-3-2-4-6-14/h2-6,13,15H,7-12H2,1H3. The fourth-order valence-electron chi connectivity index (χ4n) is 2.14. The van der Waals surface area contributed by atoms with E-state index in [1.807, 2.05) is 30.3 Å². The monoisotopic (exact) mass is 234 g/mol. The number of benzene rings is 1. The fourth-order valence-corrected chi connectivity index (χ4v) is 2.14. The summed E-state index contributed by atoms with van der Waals surface area (Å²) >= 11 is 0. The van der Waals surface area contributed by atoms with Gasteiger partial charge in [0, 0.05) is 38.6 Å². The molecule has 0 aliphatic carbocycles. The second kappa shape index (κ2) is 6.62. The van der Waals surface area contributed by atoms with E-state index in [1.54, 1.807) is 0 Å². The van der Waals surface area contributed by atoms with Gasteiger partial charge in [-0.15, -0.1) is 0 Å². The van der Waals surface area contributed by atoms with Crippen molar-refractivity contribution in [1.82, 2.24) is 10.2 Å². The Kier molecular flexibility index (Phi) is 4.83. The number of nitrogens with zero attached hydrogens (tertiary/aromatic N) is 1. The topological polar surface area (TPSA) is 24.5 Å². The predicted molar refractivity (Wildman–Crippen MR) is 70.4 cm³/mol. The lowest BCUT2D eigenvalue weighted by molar-refractivity contribution is 0.171. The van der Waals surface area contributed by atoms with Crippen molar-refractivity contribution < 1.29 is 4.74 Å². The minimum absolute atomic E-state index is 0.577. The van der Waals surface area contributed by atoms with Crippen LogP contribution >= 0.6 is 0 Å². The summed E-state index contributed by atoms with van der Waals surface area (Å²) in [4.78, 5) is 2.51. The molecule has 0 radical (unpaired) electrons. The minimum Gasteiger partial charge on any atom is -0.493 e. The number of hydrogen-bond donors (Lipinski definition) is 1. The van der Waals surface area contributed by atoms with Crippen LogP contribution in [0.15, 0.2) is 30.3 Å². The summed E-state index contributed by atoms with van der Waals surface area (Å²) in [5.41, 5.74) is 0. The zero-order valence-electron chi connectivity index (χ0n) is 10.6. The van der Waals surface area contributed by atoms with Gasteiger partial charge in [-0.2, -0.15) is 0 Å². The van der Waals surface area contributed by atoms with E-state index in [9.17, 15) is 0 Å². The summed E-state index contributed by atoms with van der Waals surface area (Å²) in [6, 6.07) is 10.1. The largest absolute Gasteiger partial charge is 0.493 e. The first-order valence-corrected chi connectivity index (χ1v) is 6.45. The van der Waals surface area contributed by atoms with Crippen LogP contribution in [0.5, 0.6) is 5.75 Å². The van der Waals surface area contributed by atoms with Crippen molar-refractivity contribution in [3.8, 4) is 5.75 Å². The number of para-hydroxylation sites is 1. The van der Waals surface area contributed by atoms with E-state index in [1.165, 1.54) is 0 Å². The van der Waals surface area contributed by atoms with Crippen molar-refractivity contribution in [1.29, 1.82) is 0 Å². The number of rotatable bonds is 5. The fraction of sp³-hybridized carbons (Fsp3) is 0.571. The molecule has 1 N–H and O–H groups in total. The summed E-state index contributed by atoms with van der Waals surface area (Å²) in [7, 11) is 0. The van der Waals surface area contributed by atoms with Crippen LogP contribution in [0.2, 0.25) is 0 Å². The molecule has 1 atom stereocenters. The zero-order chi connectivity index (χ0) is 11.9. The van der Waals surface area contributed by atoms with Gasteiger partial charge in [0.15, 0.2) is 0 Å². The van der Waals surface area contributed by atoms with Crippen molar-refractivity contribution in [2.24, 2.45) is 5.92 Å². The molecule has 1 aliphatic rings. The second-order valence-corrected chi connectivity index (χ2v) is 4.78. The highest BCUT2D eigenvalue weighted by Crippen LogP contribution is 2.10. The maximum absolute atomic E-state index is 5.77. The van der Waals surface area contributed by atoms with Crippen molar-refractivity contribution in [3.63, 3.8) is 0 Å². The summed E-state index contributed by atoms with van der Waals surface area (Å²) in [5.74, 6) is 1.55. The van der Waals surface area contributed by atoms with Gasteiger partial charge < -0.3 is 15.0 Å². The van der Waals surface area contributed by atoms with E-state index < -0.39 is 0 Å². The van der Waals surface area contributed by atoms with E-state index in [0.717, 1.165) is 45.1 Å². The van der Waals surface area contributed by atoms with Crippen LogP contribution in [0.3, 0.4) is 0 Å². The third-order valence-corrected chi connectivity index (χ3v) is 3.06. The Morgan fingerprint density at radius 1 is 1.24 bits per heavy atom. The van der Waals surface area contributed by atoms with Crippen molar-refractivity contribution >= 4 is 0 Å². The molecule has 0 aromatic heterocycles. The Morgan fingerprint density at radius 3 is 2.65 bits per heavy atom. The van der Waals surface area contributed by atoms with Crippen molar-refractivity contribution in [3.05, 3.63) is 30.3 Å². The molecule has 1 unspecified atom stereocenters. The first kappa shape index (κ1) is 12.4. The van der Waals surface area contributed by atoms with Gasteiger partial charge in [-0.3, -0.25) is 0 Å². The molecule has 0 spiro atoms. The number of nitrogens with one attached hydrogen (secondary N) is 1. The number of hydrogen-bond acceptors (Lipinski definition) is 3. The highest BCUT2D eigenvalue weighted by molar-refractivity contribution is 5.20. The van der Waals surface area contributed by atoms with Gasteiger partial charge in [0.05, 0.1) is 6.61 Å². The Balaban J connectivity index is 1.68. The predicted octanol–water partition coefficient (Wildman–Crippen LogP) is 1.61. The zero-order valence-corrected chi connectivity index (χ0v) is 10.6. The molecule has 0 bridgehead atoms. The van der Waals surface area contributed by atoms with Crippen LogP contribution in [-0.4, -0.2) is 44.2 Å². The average Bonchev–Trinajstić information content (AvgIpc) is 2.39. The summed E-state index contributed by atoms with van der Waals surface area (Å²) in [6.45, 7) is 8.75. The molecule has 1 aromatic carbocycles. The van der Waals surface area contributed by atoms with E-state index in [-0.39, 0.29) is 0 Å². The molecule has 1 aromatic rings. The van der Waals surface area contributed by atoms with Gasteiger partial charge in [-0.05, 0) is 12.1 Å². The van der Waals surface area contributed by atoms with Crippen LogP contribution in [0, 0.1) is 5.92 Å². The molecule has 17 heavy (non-hydrogen) atoms. The Labute approximate surface area is 104 Å². The van der Waals surface area contributed by atoms with Crippen molar-refractivity contribution in [2.75, 3.05) is 39.3 Å². The van der Waals surface area contributed by atoms with Crippen LogP contribution < -0.4 is 10.1 Å². The first-order chi connectivity index (χ1) is 8.34. The lowest BCUT2D eigenvalue weighted by atomic mass is 10.1. The third kappa shape index (κ3) is 4.36. The Morgan fingerprint density at radius 2 is 1.94 bits per heavy atom. The van der Waals surface area contributed by atoms with Gasteiger partial charge in [-0.25, -0.2) is 0 Å². The maximum atomic E-state index is 5.77. The maximum Gasteiger partial charge on any atom is 0.119 e. The molecule has 3 nitrogen and oxygen atoms in total. The molecule has 1 fully saturated rings. The number of piperazine rings is 1. The van der Waals surface area contributed by atoms with Gasteiger partial charge >= 0.3 is 0 Å². The molecule has 1 heterocycles. The van der Waals surface area contributed by atoms with Crippen LogP contribution in [0.25, 0.3) is 0 Å². The van der Waals surface area contributed by atoms with Gasteiger partial charge in [0.25, 0.3) is 0 Å². The highest BCUT2D eigenvalue weighted by atomic mass is 16.5. The van der Waals surface area contributed by atoms with Crippen LogP contribution in [0.4, 0.5) is 0 Å². The summed E-state index contributed by atoms with van der Waals surface area (Å²) < 4.78 is 5.77. The highest BCUT2D eigenvalue weighted by Gasteiger charge is 2.13. The molecule has 94 valence electrons. The number of ether oxygens (including phenoxy) is 1. The molecule has 3 heteroatoms. The van der Waals surface area contributed by atoms with Gasteiger partial charge in [-0.1, -0.05) is 25.1 Å². The summed E-state index contributed by atoms with van der Waals surface area (Å²) in [5, 5.41) is 3.37. The smallest absolute Gasteiger partial charge is 0.119 e. The quantitative estimate of drug-likeness (QED) is 0.837. The van der Waals surface area contributed by atoms with Crippen LogP contribution in [0.1, 0.15) is 6.92 Å². The lowest BCUT2D eigenvalue weighted by Gasteiger charge is -2.29. The van der Waals surface area contributed by atoms with E-state index in [4.69, 9.17) is 4.74 Å². The SMILES string of the molecule is CC(COc1ccccc1)CN1CCNCC1. The van der Waals surface area contributed by atoms with Crippen LogP contribution in [-0.2, 0) is 0 Å². The molecule has 1 aliphatic heterocycles.